The van der Waals surface area contributed by atoms with Gasteiger partial charge >= 0.3 is 0 Å². The number of fused-ring (bicyclic) bond motifs is 18. The van der Waals surface area contributed by atoms with Crippen LogP contribution >= 0.6 is 22.7 Å². The Morgan fingerprint density at radius 1 is 0.196 bits per heavy atom. The smallest absolute Gasteiger partial charge is 0.238 e. The van der Waals surface area contributed by atoms with E-state index in [1.807, 2.05) is 36.4 Å². The highest BCUT2D eigenvalue weighted by molar-refractivity contribution is 7.26. The molecule has 476 valence electrons. The topological polar surface area (TPSA) is 97.1 Å². The van der Waals surface area contributed by atoms with Crippen LogP contribution in [-0.2, 0) is 0 Å². The van der Waals surface area contributed by atoms with Gasteiger partial charge in [0.15, 0.2) is 23.3 Å². The second kappa shape index (κ2) is 23.2. The highest BCUT2D eigenvalue weighted by Gasteiger charge is 2.25. The Labute approximate surface area is 590 Å². The first-order valence-electron chi connectivity index (χ1n) is 34.1. The first-order chi connectivity index (χ1) is 50.6. The number of benzene rings is 14. The highest BCUT2D eigenvalue weighted by Crippen LogP contribution is 2.45. The molecular formula is C90H54N10S2. The van der Waals surface area contributed by atoms with Crippen molar-refractivity contribution < 1.29 is 0 Å². The minimum atomic E-state index is 0.590. The summed E-state index contributed by atoms with van der Waals surface area (Å²) in [4.78, 5) is 31.3. The lowest BCUT2D eigenvalue weighted by Crippen LogP contribution is -2.06. The Morgan fingerprint density at radius 2 is 0.539 bits per heavy atom. The van der Waals surface area contributed by atoms with Gasteiger partial charge < -0.3 is 9.13 Å². The summed E-state index contributed by atoms with van der Waals surface area (Å²) >= 11 is 3.59. The quantitative estimate of drug-likeness (QED) is 0.150. The lowest BCUT2D eigenvalue weighted by atomic mass is 10.1. The monoisotopic (exact) mass is 1340 g/mol. The van der Waals surface area contributed by atoms with E-state index in [1.165, 1.54) is 72.9 Å². The minimum Gasteiger partial charge on any atom is -0.309 e. The molecule has 10 nitrogen and oxygen atoms in total. The lowest BCUT2D eigenvalue weighted by molar-refractivity contribution is 0.954. The first kappa shape index (κ1) is 57.8. The van der Waals surface area contributed by atoms with Gasteiger partial charge in [0.05, 0.1) is 44.1 Å². The molecule has 22 aromatic rings. The second-order valence-corrected chi connectivity index (χ2v) is 27.9. The lowest BCUT2D eigenvalue weighted by Gasteiger charge is -2.11. The van der Waals surface area contributed by atoms with E-state index < -0.39 is 0 Å². The second-order valence-electron chi connectivity index (χ2n) is 25.7. The molecule has 0 aliphatic rings. The molecule has 8 aromatic heterocycles. The van der Waals surface area contributed by atoms with Crippen molar-refractivity contribution in [3.8, 4) is 68.8 Å². The average Bonchev–Trinajstić information content (AvgIpc) is 1.56. The van der Waals surface area contributed by atoms with E-state index in [9.17, 15) is 0 Å². The fourth-order valence-corrected chi connectivity index (χ4v) is 17.8. The molecule has 0 aliphatic heterocycles. The Morgan fingerprint density at radius 3 is 1.02 bits per heavy atom. The predicted octanol–water partition coefficient (Wildman–Crippen LogP) is 23.5. The molecule has 0 N–H and O–H groups in total. The molecule has 14 aromatic carbocycles. The van der Waals surface area contributed by atoms with Gasteiger partial charge in [-0.1, -0.05) is 231 Å². The summed E-state index contributed by atoms with van der Waals surface area (Å²) in [5.41, 5.74) is 15.0. The molecule has 0 radical (unpaired) electrons. The number of para-hydroxylation sites is 6. The number of thiophene rings is 2. The van der Waals surface area contributed by atoms with Crippen LogP contribution in [0.4, 0.5) is 0 Å². The fraction of sp³-hybridized carbons (Fsp3) is 0. The normalized spacial score (nSPS) is 11.9. The first-order valence-corrected chi connectivity index (χ1v) is 35.7. The van der Waals surface area contributed by atoms with Crippen molar-refractivity contribution in [1.29, 1.82) is 0 Å². The molecule has 0 amide bonds. The Bertz CT molecular complexity index is 7130. The van der Waals surface area contributed by atoms with Crippen LogP contribution < -0.4 is 0 Å². The van der Waals surface area contributed by atoms with Gasteiger partial charge in [0, 0.05) is 117 Å². The van der Waals surface area contributed by atoms with E-state index in [2.05, 4.69) is 309 Å². The summed E-state index contributed by atoms with van der Waals surface area (Å²) in [6.07, 6.45) is 0. The summed E-state index contributed by atoms with van der Waals surface area (Å²) in [7, 11) is 0. The number of aromatic nitrogens is 10. The van der Waals surface area contributed by atoms with Crippen molar-refractivity contribution in [2.75, 3.05) is 0 Å². The fourth-order valence-electron chi connectivity index (χ4n) is 15.4. The van der Waals surface area contributed by atoms with Crippen molar-refractivity contribution in [3.63, 3.8) is 0 Å². The Hall–Kier alpha value is -13.3. The molecule has 0 fully saturated rings. The molecule has 0 aliphatic carbocycles. The highest BCUT2D eigenvalue weighted by atomic mass is 32.1. The molecule has 0 saturated carbocycles. The van der Waals surface area contributed by atoms with Gasteiger partial charge in [-0.2, -0.15) is 19.9 Å². The molecule has 12 heteroatoms. The van der Waals surface area contributed by atoms with E-state index in [-0.39, 0.29) is 0 Å². The van der Waals surface area contributed by atoms with Crippen LogP contribution in [-0.4, -0.2) is 48.2 Å². The molecule has 0 unspecified atom stereocenters. The predicted molar refractivity (Wildman–Crippen MR) is 425 cm³/mol. The van der Waals surface area contributed by atoms with E-state index in [0.29, 0.717) is 35.2 Å². The summed E-state index contributed by atoms with van der Waals surface area (Å²) in [5.74, 6) is 3.76. The number of nitrogens with zero attached hydrogens (tertiary/aromatic N) is 10. The van der Waals surface area contributed by atoms with Crippen LogP contribution in [0.1, 0.15) is 0 Å². The van der Waals surface area contributed by atoms with Gasteiger partial charge in [0.25, 0.3) is 0 Å². The number of rotatable bonds is 8. The summed E-state index contributed by atoms with van der Waals surface area (Å²) < 4.78 is 14.1. The average molecular weight is 1340 g/mol. The van der Waals surface area contributed by atoms with E-state index in [1.54, 1.807) is 22.7 Å². The van der Waals surface area contributed by atoms with Crippen molar-refractivity contribution >= 4 is 150 Å². The third-order valence-electron chi connectivity index (χ3n) is 20.0. The standard InChI is InChI=1S/2C45H27N5S/c1-3-14-28(15-4-1)43-46-44(34-22-13-21-33-32-20-9-12-25-41(32)51-42(33)34)48-45(47-43)50-38-24-11-8-19-31(38)36-26-39-35(27-40(36)50)30-18-7-10-23-37(30)49(39)29-16-5-2-6-17-29;1-3-13-28(14-4-1)43-46-44(29-23-24-34-33-19-9-12-22-41(33)51-42(34)25-29)48-45(47-43)50-38-21-11-8-18-32(38)36-26-39-35(27-40(36)50)31-17-7-10-20-37(31)49(39)30-15-5-2-6-16-30/h2*1-27H. The SMILES string of the molecule is c1ccc(-c2nc(-c3ccc4c(c3)sc3ccccc34)nc(-n3c4ccccc4c4cc5c(cc43)c3ccccc3n5-c3ccccc3)n2)cc1.c1ccc(-c2nc(-c3cccc4c3sc3ccccc34)nc(-n3c4ccccc4c4cc5c(cc43)c3ccccc3n5-c3ccccc3)n2)cc1. The van der Waals surface area contributed by atoms with E-state index in [0.717, 1.165) is 88.3 Å². The summed E-state index contributed by atoms with van der Waals surface area (Å²) in [6, 6.07) is 116. The third kappa shape index (κ3) is 9.17. The van der Waals surface area contributed by atoms with Gasteiger partial charge in [0.2, 0.25) is 11.9 Å². The molecule has 0 bridgehead atoms. The van der Waals surface area contributed by atoms with Gasteiger partial charge in [0.1, 0.15) is 0 Å². The Kier molecular flexibility index (Phi) is 13.1. The zero-order valence-corrected chi connectivity index (χ0v) is 56.1. The van der Waals surface area contributed by atoms with Crippen LogP contribution in [0.5, 0.6) is 0 Å². The third-order valence-corrected chi connectivity index (χ3v) is 22.3. The van der Waals surface area contributed by atoms with Gasteiger partial charge in [-0.15, -0.1) is 22.7 Å². The van der Waals surface area contributed by atoms with Crippen LogP contribution in [0, 0.1) is 0 Å². The maximum absolute atomic E-state index is 5.33. The summed E-state index contributed by atoms with van der Waals surface area (Å²) in [6.45, 7) is 0. The number of hydrogen-bond donors (Lipinski definition) is 0. The molecule has 8 heterocycles. The van der Waals surface area contributed by atoms with Crippen molar-refractivity contribution in [1.82, 2.24) is 48.2 Å². The van der Waals surface area contributed by atoms with Crippen LogP contribution in [0.3, 0.4) is 0 Å². The van der Waals surface area contributed by atoms with Gasteiger partial charge in [-0.25, -0.2) is 9.97 Å². The maximum atomic E-state index is 5.33. The maximum Gasteiger partial charge on any atom is 0.238 e. The van der Waals surface area contributed by atoms with Crippen molar-refractivity contribution in [2.45, 2.75) is 0 Å². The van der Waals surface area contributed by atoms with Gasteiger partial charge in [-0.05, 0) is 97.1 Å². The van der Waals surface area contributed by atoms with Crippen molar-refractivity contribution in [3.05, 3.63) is 328 Å². The van der Waals surface area contributed by atoms with Crippen molar-refractivity contribution in [2.24, 2.45) is 0 Å². The molecule has 0 spiro atoms. The molecule has 0 saturated heterocycles. The summed E-state index contributed by atoms with van der Waals surface area (Å²) in [5, 5.41) is 14.3. The number of hydrogen-bond acceptors (Lipinski definition) is 8. The van der Waals surface area contributed by atoms with E-state index >= 15 is 0 Å². The van der Waals surface area contributed by atoms with E-state index in [4.69, 9.17) is 29.9 Å². The zero-order valence-electron chi connectivity index (χ0n) is 54.5. The molecule has 102 heavy (non-hydrogen) atoms. The molecular weight excluding hydrogens is 1290 g/mol. The molecule has 22 rings (SSSR count). The molecule has 0 atom stereocenters. The van der Waals surface area contributed by atoms with Crippen LogP contribution in [0.25, 0.3) is 196 Å². The van der Waals surface area contributed by atoms with Crippen LogP contribution in [0.2, 0.25) is 0 Å². The minimum absolute atomic E-state index is 0.590. The Balaban J connectivity index is 0.000000133. The van der Waals surface area contributed by atoms with Crippen LogP contribution in [0.15, 0.2) is 328 Å². The largest absolute Gasteiger partial charge is 0.309 e. The zero-order chi connectivity index (χ0) is 66.9. The van der Waals surface area contributed by atoms with Gasteiger partial charge in [-0.3, -0.25) is 9.13 Å².